The summed E-state index contributed by atoms with van der Waals surface area (Å²) in [5, 5.41) is 3.76. The van der Waals surface area contributed by atoms with Gasteiger partial charge in [-0.1, -0.05) is 4.49 Å². The molecule has 0 bridgehead atoms. The average molecular weight is 138 g/mol. The molecule has 0 fully saturated rings. The lowest BCUT2D eigenvalue weighted by Crippen LogP contribution is -1.74. The summed E-state index contributed by atoms with van der Waals surface area (Å²) in [6.45, 7) is 0. The van der Waals surface area contributed by atoms with Crippen LogP contribution in [-0.2, 0) is 0 Å². The molecule has 2 rings (SSSR count). The number of hydrogen-bond donors (Lipinski definition) is 0. The van der Waals surface area contributed by atoms with Gasteiger partial charge in [0.05, 0.1) is 6.20 Å². The predicted molar refractivity (Wildman–Crippen MR) is 33.0 cm³/mol. The Hall–Kier alpha value is -1.10. The van der Waals surface area contributed by atoms with Crippen LogP contribution >= 0.6 is 11.5 Å². The molecule has 44 valence electrons. The lowest BCUT2D eigenvalue weighted by molar-refractivity contribution is 1.16. The first-order chi connectivity index (χ1) is 4.47. The molecule has 0 amide bonds. The Kier molecular flexibility index (Phi) is 0.895. The van der Waals surface area contributed by atoms with E-state index in [1.807, 2.05) is 0 Å². The fourth-order valence-corrected chi connectivity index (χ4v) is 1.04. The van der Waals surface area contributed by atoms with Crippen molar-refractivity contribution < 1.29 is 0 Å². The summed E-state index contributed by atoms with van der Waals surface area (Å²) in [7, 11) is 0. The van der Waals surface area contributed by atoms with E-state index in [2.05, 4.69) is 19.6 Å². The summed E-state index contributed by atoms with van der Waals surface area (Å²) >= 11 is 1.28. The van der Waals surface area contributed by atoms with Crippen molar-refractivity contribution in [2.45, 2.75) is 0 Å². The first kappa shape index (κ1) is 4.75. The Morgan fingerprint density at radius 3 is 3.33 bits per heavy atom. The number of fused-ring (bicyclic) bond motifs is 1. The van der Waals surface area contributed by atoms with Crippen molar-refractivity contribution in [2.75, 3.05) is 0 Å². The second kappa shape index (κ2) is 1.70. The van der Waals surface area contributed by atoms with Gasteiger partial charge in [0.15, 0.2) is 4.83 Å². The monoisotopic (exact) mass is 138 g/mol. The van der Waals surface area contributed by atoms with E-state index in [0.29, 0.717) is 0 Å². The van der Waals surface area contributed by atoms with E-state index >= 15 is 0 Å². The van der Waals surface area contributed by atoms with Gasteiger partial charge < -0.3 is 0 Å². The van der Waals surface area contributed by atoms with Crippen molar-refractivity contribution in [2.24, 2.45) is 0 Å². The van der Waals surface area contributed by atoms with Gasteiger partial charge in [-0.3, -0.25) is 0 Å². The molecule has 0 atom stereocenters. The smallest absolute Gasteiger partial charge is 0.167 e. The molecule has 5 heteroatoms. The third kappa shape index (κ3) is 0.655. The lowest BCUT2D eigenvalue weighted by atomic mass is 10.6. The minimum atomic E-state index is 0.766. The molecule has 0 spiro atoms. The minimum absolute atomic E-state index is 0.766. The highest BCUT2D eigenvalue weighted by atomic mass is 32.1. The van der Waals surface area contributed by atoms with Crippen LogP contribution in [0.3, 0.4) is 0 Å². The molecule has 0 aliphatic rings. The molecule has 0 unspecified atom stereocenters. The van der Waals surface area contributed by atoms with Crippen LogP contribution in [0.4, 0.5) is 0 Å². The van der Waals surface area contributed by atoms with Gasteiger partial charge >= 0.3 is 0 Å². The molecule has 0 aliphatic carbocycles. The molecule has 2 heterocycles. The van der Waals surface area contributed by atoms with Crippen LogP contribution in [0.1, 0.15) is 0 Å². The second-order valence-electron chi connectivity index (χ2n) is 1.49. The molecule has 9 heavy (non-hydrogen) atoms. The lowest BCUT2D eigenvalue weighted by Gasteiger charge is -1.77. The van der Waals surface area contributed by atoms with Crippen molar-refractivity contribution in [3.63, 3.8) is 0 Å². The molecular weight excluding hydrogens is 136 g/mol. The molecule has 2 aromatic heterocycles. The van der Waals surface area contributed by atoms with Gasteiger partial charge in [-0.15, -0.1) is 5.10 Å². The van der Waals surface area contributed by atoms with E-state index in [4.69, 9.17) is 0 Å². The van der Waals surface area contributed by atoms with Gasteiger partial charge in [-0.05, 0) is 0 Å². The molecule has 2 aromatic rings. The summed E-state index contributed by atoms with van der Waals surface area (Å²) in [6, 6.07) is 0. The molecule has 0 aliphatic heterocycles. The first-order valence-corrected chi connectivity index (χ1v) is 3.12. The van der Waals surface area contributed by atoms with Crippen molar-refractivity contribution >= 4 is 21.9 Å². The maximum absolute atomic E-state index is 3.92. The van der Waals surface area contributed by atoms with Crippen LogP contribution in [0.25, 0.3) is 10.3 Å². The van der Waals surface area contributed by atoms with E-state index in [-0.39, 0.29) is 0 Å². The third-order valence-corrected chi connectivity index (χ3v) is 1.58. The summed E-state index contributed by atoms with van der Waals surface area (Å²) in [4.78, 5) is 8.54. The Morgan fingerprint density at radius 1 is 1.44 bits per heavy atom. The van der Waals surface area contributed by atoms with Crippen LogP contribution < -0.4 is 0 Å². The quantitative estimate of drug-likeness (QED) is 0.531. The van der Waals surface area contributed by atoms with E-state index in [9.17, 15) is 0 Å². The van der Waals surface area contributed by atoms with Crippen molar-refractivity contribution in [1.82, 2.24) is 19.6 Å². The van der Waals surface area contributed by atoms with Crippen molar-refractivity contribution in [3.05, 3.63) is 12.5 Å². The molecule has 0 saturated heterocycles. The SMILES string of the molecule is c1ncc2nnsc2n1. The Morgan fingerprint density at radius 2 is 2.44 bits per heavy atom. The number of rotatable bonds is 0. The maximum Gasteiger partial charge on any atom is 0.167 e. The van der Waals surface area contributed by atoms with Crippen LogP contribution in [0.15, 0.2) is 12.5 Å². The minimum Gasteiger partial charge on any atom is -0.242 e. The van der Waals surface area contributed by atoms with E-state index < -0.39 is 0 Å². The maximum atomic E-state index is 3.92. The number of aromatic nitrogens is 4. The van der Waals surface area contributed by atoms with Crippen LogP contribution in [0.2, 0.25) is 0 Å². The number of nitrogens with zero attached hydrogens (tertiary/aromatic N) is 4. The molecule has 0 radical (unpaired) electrons. The molecule has 4 nitrogen and oxygen atoms in total. The van der Waals surface area contributed by atoms with Crippen molar-refractivity contribution in [3.8, 4) is 0 Å². The summed E-state index contributed by atoms with van der Waals surface area (Å²) in [6.07, 6.45) is 3.13. The topological polar surface area (TPSA) is 51.6 Å². The first-order valence-electron chi connectivity index (χ1n) is 2.35. The van der Waals surface area contributed by atoms with Gasteiger partial charge in [-0.25, -0.2) is 9.97 Å². The van der Waals surface area contributed by atoms with Crippen LogP contribution in [-0.4, -0.2) is 19.6 Å². The Labute approximate surface area is 54.7 Å². The highest BCUT2D eigenvalue weighted by molar-refractivity contribution is 7.12. The highest BCUT2D eigenvalue weighted by Gasteiger charge is 1.94. The zero-order valence-electron chi connectivity index (χ0n) is 4.35. The number of hydrogen-bond acceptors (Lipinski definition) is 5. The highest BCUT2D eigenvalue weighted by Crippen LogP contribution is 2.07. The zero-order valence-corrected chi connectivity index (χ0v) is 5.17. The molecular formula is C4H2N4S. The van der Waals surface area contributed by atoms with Gasteiger partial charge in [-0.2, -0.15) is 0 Å². The largest absolute Gasteiger partial charge is 0.242 e. The second-order valence-corrected chi connectivity index (χ2v) is 2.22. The average Bonchev–Trinajstić information content (AvgIpc) is 2.33. The standard InChI is InChI=1S/C4H2N4S/c1-3-4(6-2-5-1)9-8-7-3/h1-2H. The fraction of sp³-hybridized carbons (Fsp3) is 0. The van der Waals surface area contributed by atoms with E-state index in [0.717, 1.165) is 10.3 Å². The molecule has 0 saturated carbocycles. The van der Waals surface area contributed by atoms with E-state index in [1.165, 1.54) is 17.9 Å². The third-order valence-electron chi connectivity index (χ3n) is 0.933. The van der Waals surface area contributed by atoms with Crippen LogP contribution in [0, 0.1) is 0 Å². The zero-order chi connectivity index (χ0) is 6.10. The Bertz CT molecular complexity index is 287. The molecule has 0 aromatic carbocycles. The normalized spacial score (nSPS) is 10.2. The Balaban J connectivity index is 2.95. The van der Waals surface area contributed by atoms with E-state index in [1.54, 1.807) is 6.20 Å². The molecule has 0 N–H and O–H groups in total. The van der Waals surface area contributed by atoms with Gasteiger partial charge in [0.2, 0.25) is 0 Å². The van der Waals surface area contributed by atoms with Crippen molar-refractivity contribution in [1.29, 1.82) is 0 Å². The predicted octanol–water partition coefficient (Wildman–Crippen LogP) is 0.481. The summed E-state index contributed by atoms with van der Waals surface area (Å²) < 4.78 is 3.69. The van der Waals surface area contributed by atoms with Crippen LogP contribution in [0.5, 0.6) is 0 Å². The summed E-state index contributed by atoms with van der Waals surface area (Å²) in [5.41, 5.74) is 0.766. The van der Waals surface area contributed by atoms with Gasteiger partial charge in [0.25, 0.3) is 0 Å². The summed E-state index contributed by atoms with van der Waals surface area (Å²) in [5.74, 6) is 0. The fourth-order valence-electron chi connectivity index (χ4n) is 0.553. The van der Waals surface area contributed by atoms with Gasteiger partial charge in [0, 0.05) is 11.5 Å². The van der Waals surface area contributed by atoms with Gasteiger partial charge in [0.1, 0.15) is 11.8 Å².